The maximum absolute atomic E-state index is 5.48. The Morgan fingerprint density at radius 3 is 2.56 bits per heavy atom. The van der Waals surface area contributed by atoms with E-state index in [0.29, 0.717) is 12.1 Å². The highest BCUT2D eigenvalue weighted by molar-refractivity contribution is 4.92. The van der Waals surface area contributed by atoms with Gasteiger partial charge in [-0.15, -0.1) is 0 Å². The zero-order valence-corrected chi connectivity index (χ0v) is 12.9. The number of likely N-dealkylation sites (N-methyl/N-ethyl adjacent to an activating group) is 2. The van der Waals surface area contributed by atoms with Crippen LogP contribution in [0.2, 0.25) is 0 Å². The number of nitrogens with one attached hydrogen (secondary N) is 1. The highest BCUT2D eigenvalue weighted by Gasteiger charge is 2.35. The first kappa shape index (κ1) is 15.9. The summed E-state index contributed by atoms with van der Waals surface area (Å²) in [6.45, 7) is 12.8. The highest BCUT2D eigenvalue weighted by atomic mass is 16.5. The third-order valence-electron chi connectivity index (χ3n) is 4.19. The lowest BCUT2D eigenvalue weighted by atomic mass is 9.76. The van der Waals surface area contributed by atoms with Crippen molar-refractivity contribution in [3.63, 3.8) is 0 Å². The molecule has 0 aromatic heterocycles. The molecule has 0 bridgehead atoms. The summed E-state index contributed by atoms with van der Waals surface area (Å²) >= 11 is 0. The predicted molar refractivity (Wildman–Crippen MR) is 77.9 cm³/mol. The van der Waals surface area contributed by atoms with Gasteiger partial charge in [-0.25, -0.2) is 0 Å². The number of ether oxygens (including phenoxy) is 1. The standard InChI is InChI=1S/C15H32N2O/c1-6-16-14-11-12(3)10-13(4)15(14)17(5)8-9-18-7-2/h12-16H,6-11H2,1-5H3. The van der Waals surface area contributed by atoms with Crippen molar-refractivity contribution in [2.24, 2.45) is 11.8 Å². The van der Waals surface area contributed by atoms with E-state index < -0.39 is 0 Å². The largest absolute Gasteiger partial charge is 0.380 e. The van der Waals surface area contributed by atoms with Crippen LogP contribution < -0.4 is 5.32 Å². The lowest BCUT2D eigenvalue weighted by Crippen LogP contribution is -2.56. The van der Waals surface area contributed by atoms with Gasteiger partial charge in [0.25, 0.3) is 0 Å². The van der Waals surface area contributed by atoms with E-state index in [0.717, 1.165) is 38.1 Å². The minimum atomic E-state index is 0.639. The summed E-state index contributed by atoms with van der Waals surface area (Å²) in [5, 5.41) is 3.68. The Morgan fingerprint density at radius 2 is 1.94 bits per heavy atom. The molecule has 1 aliphatic carbocycles. The first-order valence-electron chi connectivity index (χ1n) is 7.61. The minimum absolute atomic E-state index is 0.639. The van der Waals surface area contributed by atoms with Crippen molar-refractivity contribution in [3.8, 4) is 0 Å². The molecule has 3 heteroatoms. The molecule has 0 aliphatic heterocycles. The average Bonchev–Trinajstić information content (AvgIpc) is 2.28. The van der Waals surface area contributed by atoms with Crippen LogP contribution >= 0.6 is 0 Å². The molecule has 1 fully saturated rings. The van der Waals surface area contributed by atoms with Crippen molar-refractivity contribution < 1.29 is 4.74 Å². The van der Waals surface area contributed by atoms with Gasteiger partial charge >= 0.3 is 0 Å². The molecule has 1 saturated carbocycles. The average molecular weight is 256 g/mol. The molecule has 0 radical (unpaired) electrons. The fraction of sp³-hybridized carbons (Fsp3) is 1.00. The van der Waals surface area contributed by atoms with Crippen LogP contribution in [-0.4, -0.2) is 50.3 Å². The van der Waals surface area contributed by atoms with Gasteiger partial charge in [0.1, 0.15) is 0 Å². The molecule has 18 heavy (non-hydrogen) atoms. The van der Waals surface area contributed by atoms with E-state index in [1.807, 2.05) is 0 Å². The van der Waals surface area contributed by atoms with E-state index in [9.17, 15) is 0 Å². The van der Waals surface area contributed by atoms with E-state index in [1.54, 1.807) is 0 Å². The monoisotopic (exact) mass is 256 g/mol. The van der Waals surface area contributed by atoms with E-state index in [4.69, 9.17) is 4.74 Å². The first-order chi connectivity index (χ1) is 8.60. The summed E-state index contributed by atoms with van der Waals surface area (Å²) in [6.07, 6.45) is 2.66. The van der Waals surface area contributed by atoms with Crippen molar-refractivity contribution >= 4 is 0 Å². The molecule has 1 N–H and O–H groups in total. The molecule has 4 atom stereocenters. The Kier molecular flexibility index (Phi) is 7.20. The molecule has 0 aromatic rings. The van der Waals surface area contributed by atoms with E-state index in [1.165, 1.54) is 12.8 Å². The summed E-state index contributed by atoms with van der Waals surface area (Å²) in [7, 11) is 2.25. The predicted octanol–water partition coefficient (Wildman–Crippen LogP) is 2.37. The van der Waals surface area contributed by atoms with Crippen molar-refractivity contribution in [1.29, 1.82) is 0 Å². The zero-order chi connectivity index (χ0) is 13.5. The van der Waals surface area contributed by atoms with Crippen LogP contribution in [0.5, 0.6) is 0 Å². The molecule has 1 rings (SSSR count). The maximum Gasteiger partial charge on any atom is 0.0593 e. The summed E-state index contributed by atoms with van der Waals surface area (Å²) in [4.78, 5) is 2.50. The molecule has 0 amide bonds. The second-order valence-corrected chi connectivity index (χ2v) is 5.89. The van der Waals surface area contributed by atoms with E-state index in [2.05, 4.69) is 45.0 Å². The van der Waals surface area contributed by atoms with Crippen LogP contribution in [0.15, 0.2) is 0 Å². The molecule has 0 aromatic carbocycles. The zero-order valence-electron chi connectivity index (χ0n) is 12.9. The second-order valence-electron chi connectivity index (χ2n) is 5.89. The molecule has 4 unspecified atom stereocenters. The van der Waals surface area contributed by atoms with Crippen LogP contribution in [-0.2, 0) is 4.74 Å². The van der Waals surface area contributed by atoms with Crippen molar-refractivity contribution in [1.82, 2.24) is 10.2 Å². The van der Waals surface area contributed by atoms with Crippen LogP contribution in [0.1, 0.15) is 40.5 Å². The molecule has 0 saturated heterocycles. The Hall–Kier alpha value is -0.120. The summed E-state index contributed by atoms with van der Waals surface area (Å²) in [5.41, 5.74) is 0. The Labute approximate surface area is 113 Å². The van der Waals surface area contributed by atoms with Crippen molar-refractivity contribution in [2.45, 2.75) is 52.6 Å². The number of rotatable bonds is 7. The topological polar surface area (TPSA) is 24.5 Å². The van der Waals surface area contributed by atoms with Gasteiger partial charge < -0.3 is 10.1 Å². The van der Waals surface area contributed by atoms with Gasteiger partial charge in [-0.2, -0.15) is 0 Å². The number of hydrogen-bond donors (Lipinski definition) is 1. The van der Waals surface area contributed by atoms with E-state index in [-0.39, 0.29) is 0 Å². The third-order valence-corrected chi connectivity index (χ3v) is 4.19. The Morgan fingerprint density at radius 1 is 1.22 bits per heavy atom. The molecular weight excluding hydrogens is 224 g/mol. The normalized spacial score (nSPS) is 33.0. The Bertz CT molecular complexity index is 223. The van der Waals surface area contributed by atoms with Gasteiger partial charge in [0.05, 0.1) is 6.61 Å². The number of nitrogens with zero attached hydrogens (tertiary/aromatic N) is 1. The van der Waals surface area contributed by atoms with Gasteiger partial charge in [-0.05, 0) is 45.2 Å². The van der Waals surface area contributed by atoms with Gasteiger partial charge in [0.2, 0.25) is 0 Å². The summed E-state index contributed by atoms with van der Waals surface area (Å²) in [5.74, 6) is 1.62. The van der Waals surface area contributed by atoms with Gasteiger partial charge in [0, 0.05) is 25.2 Å². The van der Waals surface area contributed by atoms with Gasteiger partial charge in [-0.3, -0.25) is 4.90 Å². The molecule has 3 nitrogen and oxygen atoms in total. The smallest absolute Gasteiger partial charge is 0.0593 e. The molecule has 108 valence electrons. The quantitative estimate of drug-likeness (QED) is 0.708. The van der Waals surface area contributed by atoms with E-state index >= 15 is 0 Å². The minimum Gasteiger partial charge on any atom is -0.380 e. The third kappa shape index (κ3) is 4.52. The lowest BCUT2D eigenvalue weighted by molar-refractivity contribution is 0.0510. The first-order valence-corrected chi connectivity index (χ1v) is 7.61. The fourth-order valence-corrected chi connectivity index (χ4v) is 3.55. The molecule has 1 aliphatic rings. The van der Waals surface area contributed by atoms with Crippen LogP contribution in [0.25, 0.3) is 0 Å². The lowest BCUT2D eigenvalue weighted by Gasteiger charge is -2.44. The van der Waals surface area contributed by atoms with Crippen LogP contribution in [0, 0.1) is 11.8 Å². The van der Waals surface area contributed by atoms with Crippen LogP contribution in [0.4, 0.5) is 0 Å². The highest BCUT2D eigenvalue weighted by Crippen LogP contribution is 2.31. The molecule has 0 spiro atoms. The maximum atomic E-state index is 5.48. The fourth-order valence-electron chi connectivity index (χ4n) is 3.55. The van der Waals surface area contributed by atoms with Gasteiger partial charge in [0.15, 0.2) is 0 Å². The number of hydrogen-bond acceptors (Lipinski definition) is 3. The SMILES string of the molecule is CCNC1CC(C)CC(C)C1N(C)CCOCC. The summed E-state index contributed by atoms with van der Waals surface area (Å²) in [6, 6.07) is 1.29. The van der Waals surface area contributed by atoms with Crippen molar-refractivity contribution in [3.05, 3.63) is 0 Å². The summed E-state index contributed by atoms with van der Waals surface area (Å²) < 4.78 is 5.48. The molecular formula is C15H32N2O. The molecule has 0 heterocycles. The van der Waals surface area contributed by atoms with Gasteiger partial charge in [-0.1, -0.05) is 20.8 Å². The Balaban J connectivity index is 2.56. The van der Waals surface area contributed by atoms with Crippen molar-refractivity contribution in [2.75, 3.05) is 33.4 Å². The van der Waals surface area contributed by atoms with Crippen LogP contribution in [0.3, 0.4) is 0 Å². The second kappa shape index (κ2) is 8.13.